The molecular weight excluding hydrogens is 415 g/mol. The first-order valence-corrected chi connectivity index (χ1v) is 9.41. The Morgan fingerprint density at radius 1 is 0.962 bits per heavy atom. The molecule has 1 atom stereocenters. The number of rotatable bonds is 3. The van der Waals surface area contributed by atoms with Crippen LogP contribution >= 0.6 is 27.5 Å². The molecule has 5 heteroatoms. The summed E-state index contributed by atoms with van der Waals surface area (Å²) in [6, 6.07) is 22.4. The smallest absolute Gasteiger partial charge is 0.123 e. The highest BCUT2D eigenvalue weighted by Gasteiger charge is 2.30. The van der Waals surface area contributed by atoms with Gasteiger partial charge >= 0.3 is 0 Å². The van der Waals surface area contributed by atoms with Gasteiger partial charge < -0.3 is 0 Å². The van der Waals surface area contributed by atoms with E-state index in [9.17, 15) is 4.39 Å². The van der Waals surface area contributed by atoms with Crippen LogP contribution in [0.1, 0.15) is 23.6 Å². The van der Waals surface area contributed by atoms with E-state index in [1.807, 2.05) is 53.5 Å². The Kier molecular flexibility index (Phi) is 4.79. The molecule has 0 unspecified atom stereocenters. The highest BCUT2D eigenvalue weighted by Crippen LogP contribution is 2.39. The zero-order valence-corrected chi connectivity index (χ0v) is 16.1. The van der Waals surface area contributed by atoms with Crippen molar-refractivity contribution in [3.05, 3.63) is 99.2 Å². The number of benzene rings is 3. The Labute approximate surface area is 165 Å². The summed E-state index contributed by atoms with van der Waals surface area (Å²) < 4.78 is 14.3. The van der Waals surface area contributed by atoms with Gasteiger partial charge in [-0.3, -0.25) is 5.01 Å². The summed E-state index contributed by atoms with van der Waals surface area (Å²) in [4.78, 5) is 0. The molecule has 1 aliphatic rings. The normalized spacial score (nSPS) is 16.7. The highest BCUT2D eigenvalue weighted by molar-refractivity contribution is 9.10. The molecule has 0 N–H and O–H groups in total. The van der Waals surface area contributed by atoms with Crippen LogP contribution in [0.5, 0.6) is 0 Å². The molecule has 0 spiro atoms. The number of hydrogen-bond donors (Lipinski definition) is 0. The number of para-hydroxylation sites is 1. The van der Waals surface area contributed by atoms with Crippen molar-refractivity contribution < 1.29 is 4.39 Å². The highest BCUT2D eigenvalue weighted by atomic mass is 79.9. The van der Waals surface area contributed by atoms with Crippen molar-refractivity contribution >= 4 is 38.9 Å². The molecule has 130 valence electrons. The lowest BCUT2D eigenvalue weighted by molar-refractivity contribution is 0.627. The van der Waals surface area contributed by atoms with Gasteiger partial charge in [-0.25, -0.2) is 4.39 Å². The number of nitrogens with zero attached hydrogens (tertiary/aromatic N) is 2. The minimum atomic E-state index is -0.246. The van der Waals surface area contributed by atoms with E-state index in [4.69, 9.17) is 16.7 Å². The van der Waals surface area contributed by atoms with E-state index in [2.05, 4.69) is 15.9 Å². The van der Waals surface area contributed by atoms with Crippen LogP contribution in [0.4, 0.5) is 10.1 Å². The first kappa shape index (κ1) is 17.3. The van der Waals surface area contributed by atoms with Gasteiger partial charge in [0.05, 0.1) is 17.4 Å². The lowest BCUT2D eigenvalue weighted by atomic mass is 9.98. The summed E-state index contributed by atoms with van der Waals surface area (Å²) >= 11 is 9.67. The van der Waals surface area contributed by atoms with Crippen molar-refractivity contribution in [3.8, 4) is 0 Å². The van der Waals surface area contributed by atoms with Gasteiger partial charge in [0.25, 0.3) is 0 Å². The third kappa shape index (κ3) is 3.39. The zero-order chi connectivity index (χ0) is 18.1. The Bertz CT molecular complexity index is 955. The SMILES string of the molecule is Fc1ccc(C2=NN(c3ccccc3Br)[C@@H](c3ccc(Cl)cc3)C2)cc1. The van der Waals surface area contributed by atoms with Gasteiger partial charge in [0.1, 0.15) is 5.82 Å². The van der Waals surface area contributed by atoms with Gasteiger partial charge in [0.15, 0.2) is 0 Å². The lowest BCUT2D eigenvalue weighted by Gasteiger charge is -2.25. The van der Waals surface area contributed by atoms with E-state index in [1.165, 1.54) is 12.1 Å². The Hall–Kier alpha value is -2.17. The molecule has 0 amide bonds. The summed E-state index contributed by atoms with van der Waals surface area (Å²) in [7, 11) is 0. The van der Waals surface area contributed by atoms with Gasteiger partial charge in [-0.15, -0.1) is 0 Å². The van der Waals surface area contributed by atoms with Gasteiger partial charge in [-0.1, -0.05) is 48.0 Å². The first-order valence-electron chi connectivity index (χ1n) is 8.24. The average molecular weight is 430 g/mol. The van der Waals surface area contributed by atoms with Crippen LogP contribution in [0, 0.1) is 5.82 Å². The van der Waals surface area contributed by atoms with Crippen LogP contribution in [0.15, 0.2) is 82.4 Å². The van der Waals surface area contributed by atoms with Gasteiger partial charge in [-0.05, 0) is 63.5 Å². The standard InChI is InChI=1S/C21H15BrClFN2/c22-18-3-1-2-4-20(18)26-21(15-5-9-16(23)10-6-15)13-19(25-26)14-7-11-17(24)12-8-14/h1-12,21H,13H2/t21-/m1/s1. The van der Waals surface area contributed by atoms with Crippen LogP contribution in [0.25, 0.3) is 0 Å². The fourth-order valence-electron chi connectivity index (χ4n) is 3.13. The van der Waals surface area contributed by atoms with Crippen molar-refractivity contribution in [1.82, 2.24) is 0 Å². The molecule has 0 saturated heterocycles. The second-order valence-electron chi connectivity index (χ2n) is 6.12. The molecule has 0 bridgehead atoms. The fourth-order valence-corrected chi connectivity index (χ4v) is 3.72. The summed E-state index contributed by atoms with van der Waals surface area (Å²) in [5.41, 5.74) is 3.98. The average Bonchev–Trinajstić information content (AvgIpc) is 3.08. The van der Waals surface area contributed by atoms with Crippen LogP contribution in [-0.4, -0.2) is 5.71 Å². The summed E-state index contributed by atoms with van der Waals surface area (Å²) in [5.74, 6) is -0.246. The molecule has 4 rings (SSSR count). The zero-order valence-electron chi connectivity index (χ0n) is 13.7. The third-order valence-corrected chi connectivity index (χ3v) is 5.36. The van der Waals surface area contributed by atoms with Crippen LogP contribution in [0.3, 0.4) is 0 Å². The molecule has 0 fully saturated rings. The van der Waals surface area contributed by atoms with Crippen LogP contribution in [0.2, 0.25) is 5.02 Å². The quantitative estimate of drug-likeness (QED) is 0.458. The van der Waals surface area contributed by atoms with E-state index in [0.717, 1.165) is 33.4 Å². The van der Waals surface area contributed by atoms with Gasteiger partial charge in [0.2, 0.25) is 0 Å². The van der Waals surface area contributed by atoms with E-state index < -0.39 is 0 Å². The predicted molar refractivity (Wildman–Crippen MR) is 108 cm³/mol. The minimum absolute atomic E-state index is 0.0472. The number of anilines is 1. The molecule has 0 radical (unpaired) electrons. The van der Waals surface area contributed by atoms with E-state index in [1.54, 1.807) is 12.1 Å². The Balaban J connectivity index is 1.77. The first-order chi connectivity index (χ1) is 12.6. The van der Waals surface area contributed by atoms with Crippen molar-refractivity contribution in [1.29, 1.82) is 0 Å². The molecule has 1 heterocycles. The van der Waals surface area contributed by atoms with E-state index in [0.29, 0.717) is 5.02 Å². The van der Waals surface area contributed by atoms with Crippen molar-refractivity contribution in [2.24, 2.45) is 5.10 Å². The molecule has 0 aromatic heterocycles. The van der Waals surface area contributed by atoms with E-state index in [-0.39, 0.29) is 11.9 Å². The van der Waals surface area contributed by atoms with Crippen molar-refractivity contribution in [2.75, 3.05) is 5.01 Å². The molecule has 3 aromatic rings. The maximum Gasteiger partial charge on any atom is 0.123 e. The maximum atomic E-state index is 13.3. The summed E-state index contributed by atoms with van der Waals surface area (Å²) in [6.07, 6.45) is 0.731. The minimum Gasteiger partial charge on any atom is -0.256 e. The van der Waals surface area contributed by atoms with Crippen molar-refractivity contribution in [2.45, 2.75) is 12.5 Å². The largest absolute Gasteiger partial charge is 0.256 e. The fraction of sp³-hybridized carbons (Fsp3) is 0.0952. The van der Waals surface area contributed by atoms with Crippen LogP contribution in [-0.2, 0) is 0 Å². The van der Waals surface area contributed by atoms with Crippen molar-refractivity contribution in [3.63, 3.8) is 0 Å². The molecule has 0 saturated carbocycles. The molecule has 26 heavy (non-hydrogen) atoms. The lowest BCUT2D eigenvalue weighted by Crippen LogP contribution is -2.18. The molecular formula is C21H15BrClFN2. The molecule has 0 aliphatic carbocycles. The molecule has 1 aliphatic heterocycles. The van der Waals surface area contributed by atoms with Gasteiger partial charge in [0, 0.05) is 15.9 Å². The Morgan fingerprint density at radius 3 is 2.35 bits per heavy atom. The Morgan fingerprint density at radius 2 is 1.65 bits per heavy atom. The third-order valence-electron chi connectivity index (χ3n) is 4.44. The topological polar surface area (TPSA) is 15.6 Å². The summed E-state index contributed by atoms with van der Waals surface area (Å²) in [6.45, 7) is 0. The number of hydrogen-bond acceptors (Lipinski definition) is 2. The van der Waals surface area contributed by atoms with E-state index >= 15 is 0 Å². The number of hydrazone groups is 1. The molecule has 3 aromatic carbocycles. The van der Waals surface area contributed by atoms with Gasteiger partial charge in [-0.2, -0.15) is 5.10 Å². The molecule has 2 nitrogen and oxygen atoms in total. The second-order valence-corrected chi connectivity index (χ2v) is 7.41. The monoisotopic (exact) mass is 428 g/mol. The van der Waals surface area contributed by atoms with Crippen LogP contribution < -0.4 is 5.01 Å². The number of halogens is 3. The summed E-state index contributed by atoms with van der Waals surface area (Å²) in [5, 5.41) is 7.59. The maximum absolute atomic E-state index is 13.3. The predicted octanol–water partition coefficient (Wildman–Crippen LogP) is 6.60. The second kappa shape index (κ2) is 7.22.